The van der Waals surface area contributed by atoms with Gasteiger partial charge in [-0.15, -0.1) is 11.3 Å². The van der Waals surface area contributed by atoms with Crippen LogP contribution in [0.3, 0.4) is 0 Å². The molecule has 2 amide bonds. The van der Waals surface area contributed by atoms with Crippen LogP contribution in [0.15, 0.2) is 52.3 Å². The molecule has 1 aliphatic carbocycles. The van der Waals surface area contributed by atoms with Gasteiger partial charge in [-0.3, -0.25) is 14.9 Å². The highest BCUT2D eigenvalue weighted by atomic mass is 35.5. The molecular weight excluding hydrogens is 515 g/mol. The molecule has 1 aliphatic rings. The van der Waals surface area contributed by atoms with Crippen molar-refractivity contribution in [2.24, 2.45) is 4.99 Å². The lowest BCUT2D eigenvalue weighted by molar-refractivity contribution is 0.0919. The van der Waals surface area contributed by atoms with Crippen molar-refractivity contribution in [1.29, 1.82) is 0 Å². The maximum atomic E-state index is 13.8. The zero-order valence-corrected chi connectivity index (χ0v) is 20.3. The van der Waals surface area contributed by atoms with Gasteiger partial charge in [0.25, 0.3) is 11.8 Å². The summed E-state index contributed by atoms with van der Waals surface area (Å²) in [6.45, 7) is 0. The molecule has 2 aromatic carbocycles. The zero-order chi connectivity index (χ0) is 25.7. The van der Waals surface area contributed by atoms with E-state index in [1.807, 2.05) is 0 Å². The number of anilines is 1. The predicted molar refractivity (Wildman–Crippen MR) is 132 cm³/mol. The standard InChI is InChI=1S/C24H21ClF3N5O2S/c25-14-8-15(26)10-18(9-14)32-24(33-22(34)13-1-6-19(27)20(28)7-13)31-17-4-2-16(3-5-17)30-23(35)21-11-36-12-29-21/h1,6-12,16-17H,2-5H2,(H,30,35)(H2,31,32,33,34). The molecule has 0 aliphatic heterocycles. The van der Waals surface area contributed by atoms with Crippen molar-refractivity contribution in [3.05, 3.63) is 81.0 Å². The van der Waals surface area contributed by atoms with E-state index in [-0.39, 0.29) is 40.2 Å². The summed E-state index contributed by atoms with van der Waals surface area (Å²) in [5, 5.41) is 10.2. The number of carbonyl (C=O) groups is 2. The van der Waals surface area contributed by atoms with E-state index in [9.17, 15) is 22.8 Å². The number of carbonyl (C=O) groups excluding carboxylic acids is 2. The average molecular weight is 536 g/mol. The van der Waals surface area contributed by atoms with E-state index in [0.29, 0.717) is 31.4 Å². The number of nitrogens with zero attached hydrogens (tertiary/aromatic N) is 2. The third kappa shape index (κ3) is 6.82. The monoisotopic (exact) mass is 535 g/mol. The number of rotatable bonds is 5. The molecule has 0 radical (unpaired) electrons. The number of benzene rings is 2. The first-order valence-corrected chi connectivity index (χ1v) is 12.4. The molecule has 1 fully saturated rings. The van der Waals surface area contributed by atoms with Gasteiger partial charge < -0.3 is 10.6 Å². The summed E-state index contributed by atoms with van der Waals surface area (Å²) in [6, 6.07) is 6.27. The van der Waals surface area contributed by atoms with E-state index < -0.39 is 23.4 Å². The van der Waals surface area contributed by atoms with Crippen LogP contribution in [0.25, 0.3) is 0 Å². The fourth-order valence-electron chi connectivity index (χ4n) is 3.79. The molecule has 1 heterocycles. The zero-order valence-electron chi connectivity index (χ0n) is 18.7. The van der Waals surface area contributed by atoms with Gasteiger partial charge in [0.2, 0.25) is 5.96 Å². The first-order chi connectivity index (χ1) is 17.3. The second kappa shape index (κ2) is 11.5. The number of nitrogens with one attached hydrogen (secondary N) is 3. The highest BCUT2D eigenvalue weighted by Crippen LogP contribution is 2.23. The van der Waals surface area contributed by atoms with Crippen molar-refractivity contribution >= 4 is 46.4 Å². The molecule has 3 N–H and O–H groups in total. The van der Waals surface area contributed by atoms with Gasteiger partial charge in [0.05, 0.1) is 11.6 Å². The van der Waals surface area contributed by atoms with Gasteiger partial charge in [0.15, 0.2) is 11.6 Å². The van der Waals surface area contributed by atoms with Crippen LogP contribution in [0.1, 0.15) is 46.5 Å². The molecule has 12 heteroatoms. The summed E-state index contributed by atoms with van der Waals surface area (Å²) < 4.78 is 40.7. The van der Waals surface area contributed by atoms with Crippen molar-refractivity contribution in [3.8, 4) is 0 Å². The summed E-state index contributed by atoms with van der Waals surface area (Å²) in [6.07, 6.45) is 2.52. The van der Waals surface area contributed by atoms with Crippen LogP contribution in [0.5, 0.6) is 0 Å². The van der Waals surface area contributed by atoms with Crippen molar-refractivity contribution < 1.29 is 22.8 Å². The van der Waals surface area contributed by atoms with Crippen LogP contribution >= 0.6 is 22.9 Å². The minimum Gasteiger partial charge on any atom is -0.348 e. The van der Waals surface area contributed by atoms with Gasteiger partial charge in [0.1, 0.15) is 11.5 Å². The predicted octanol–water partition coefficient (Wildman–Crippen LogP) is 5.15. The molecule has 3 aromatic rings. The highest BCUT2D eigenvalue weighted by Gasteiger charge is 2.24. The fraction of sp³-hybridized carbons (Fsp3) is 0.250. The minimum atomic E-state index is -1.16. The van der Waals surface area contributed by atoms with Gasteiger partial charge >= 0.3 is 0 Å². The second-order valence-electron chi connectivity index (χ2n) is 8.20. The van der Waals surface area contributed by atoms with E-state index in [2.05, 4.69) is 25.9 Å². The minimum absolute atomic E-state index is 0.00126. The summed E-state index contributed by atoms with van der Waals surface area (Å²) in [7, 11) is 0. The van der Waals surface area contributed by atoms with Crippen LogP contribution in [0, 0.1) is 17.5 Å². The Morgan fingerprint density at radius 1 is 1.00 bits per heavy atom. The molecular formula is C24H21ClF3N5O2S. The Labute approximate surface area is 213 Å². The molecule has 0 unspecified atom stereocenters. The quantitative estimate of drug-likeness (QED) is 0.311. The third-order valence-electron chi connectivity index (χ3n) is 5.55. The first-order valence-electron chi connectivity index (χ1n) is 11.0. The Bertz CT molecular complexity index is 1260. The van der Waals surface area contributed by atoms with Crippen LogP contribution in [0.2, 0.25) is 5.02 Å². The van der Waals surface area contributed by atoms with Crippen molar-refractivity contribution in [2.45, 2.75) is 37.8 Å². The Kier molecular flexibility index (Phi) is 8.21. The average Bonchev–Trinajstić information content (AvgIpc) is 3.36. The van der Waals surface area contributed by atoms with Crippen LogP contribution in [-0.4, -0.2) is 34.8 Å². The van der Waals surface area contributed by atoms with Crippen molar-refractivity contribution in [2.75, 3.05) is 5.32 Å². The Hall–Kier alpha value is -3.44. The molecule has 1 saturated carbocycles. The summed E-state index contributed by atoms with van der Waals surface area (Å²) in [4.78, 5) is 33.5. The molecule has 7 nitrogen and oxygen atoms in total. The van der Waals surface area contributed by atoms with E-state index in [4.69, 9.17) is 11.6 Å². The van der Waals surface area contributed by atoms with Gasteiger partial charge in [-0.05, 0) is 62.1 Å². The van der Waals surface area contributed by atoms with Crippen LogP contribution in [0.4, 0.5) is 18.9 Å². The van der Waals surface area contributed by atoms with Crippen molar-refractivity contribution in [1.82, 2.24) is 15.6 Å². The SMILES string of the molecule is O=C(NC(=NC1CCC(NC(=O)c2cscn2)CC1)Nc1cc(F)cc(Cl)c1)c1ccc(F)c(F)c1. The summed E-state index contributed by atoms with van der Waals surface area (Å²) in [5.41, 5.74) is 2.10. The van der Waals surface area contributed by atoms with E-state index in [0.717, 1.165) is 24.3 Å². The lowest BCUT2D eigenvalue weighted by Gasteiger charge is -2.27. The molecule has 4 rings (SSSR count). The Morgan fingerprint density at radius 2 is 1.78 bits per heavy atom. The molecule has 1 aromatic heterocycles. The van der Waals surface area contributed by atoms with Gasteiger partial charge in [0, 0.05) is 27.7 Å². The summed E-state index contributed by atoms with van der Waals surface area (Å²) >= 11 is 7.27. The molecule has 36 heavy (non-hydrogen) atoms. The number of aliphatic imine (C=N–C) groups is 1. The van der Waals surface area contributed by atoms with Gasteiger partial charge in [-0.2, -0.15) is 0 Å². The molecule has 0 spiro atoms. The van der Waals surface area contributed by atoms with Crippen LogP contribution < -0.4 is 16.0 Å². The van der Waals surface area contributed by atoms with Gasteiger partial charge in [-0.25, -0.2) is 23.1 Å². The number of amides is 2. The Morgan fingerprint density at radius 3 is 2.44 bits per heavy atom. The first kappa shape index (κ1) is 25.6. The normalized spacial score (nSPS) is 17.9. The van der Waals surface area contributed by atoms with Gasteiger partial charge in [-0.1, -0.05) is 11.6 Å². The topological polar surface area (TPSA) is 95.5 Å². The van der Waals surface area contributed by atoms with E-state index in [1.165, 1.54) is 23.5 Å². The van der Waals surface area contributed by atoms with Crippen LogP contribution in [-0.2, 0) is 0 Å². The maximum absolute atomic E-state index is 13.8. The number of halogens is 4. The highest BCUT2D eigenvalue weighted by molar-refractivity contribution is 7.07. The molecule has 0 saturated heterocycles. The fourth-order valence-corrected chi connectivity index (χ4v) is 4.55. The largest absolute Gasteiger partial charge is 0.348 e. The second-order valence-corrected chi connectivity index (χ2v) is 9.35. The third-order valence-corrected chi connectivity index (χ3v) is 6.35. The summed E-state index contributed by atoms with van der Waals surface area (Å²) in [5.74, 6) is -3.79. The lowest BCUT2D eigenvalue weighted by Crippen LogP contribution is -2.40. The van der Waals surface area contributed by atoms with E-state index in [1.54, 1.807) is 10.9 Å². The molecule has 188 valence electrons. The number of guanidine groups is 1. The smallest absolute Gasteiger partial charge is 0.270 e. The molecule has 0 atom stereocenters. The maximum Gasteiger partial charge on any atom is 0.270 e. The van der Waals surface area contributed by atoms with Crippen molar-refractivity contribution in [3.63, 3.8) is 0 Å². The number of thiazole rings is 1. The number of hydrogen-bond acceptors (Lipinski definition) is 5. The Balaban J connectivity index is 1.46. The lowest BCUT2D eigenvalue weighted by atomic mass is 9.91. The number of aromatic nitrogens is 1. The number of hydrogen-bond donors (Lipinski definition) is 3. The van der Waals surface area contributed by atoms with E-state index >= 15 is 0 Å². The molecule has 0 bridgehead atoms.